The SMILES string of the molecule is CCCC(=O)N=C1S[C@@H]2CS(=O)(=O)C[C@H]2N1c1ccc(F)cc1. The van der Waals surface area contributed by atoms with Crippen molar-refractivity contribution < 1.29 is 17.6 Å². The van der Waals surface area contributed by atoms with E-state index in [0.717, 1.165) is 0 Å². The van der Waals surface area contributed by atoms with Crippen molar-refractivity contribution in [1.82, 2.24) is 0 Å². The van der Waals surface area contributed by atoms with E-state index in [2.05, 4.69) is 4.99 Å². The second kappa shape index (κ2) is 6.24. The van der Waals surface area contributed by atoms with Crippen LogP contribution in [0.15, 0.2) is 29.3 Å². The molecular formula is C15H17FN2O3S2. The molecule has 2 aliphatic heterocycles. The molecule has 0 unspecified atom stereocenters. The lowest BCUT2D eigenvalue weighted by molar-refractivity contribution is -0.117. The number of thioether (sulfide) groups is 1. The third-order valence-electron chi connectivity index (χ3n) is 3.86. The second-order valence-corrected chi connectivity index (χ2v) is 9.05. The Labute approximate surface area is 138 Å². The number of aliphatic imine (C=N–C) groups is 1. The van der Waals surface area contributed by atoms with Gasteiger partial charge in [-0.15, -0.1) is 0 Å². The largest absolute Gasteiger partial charge is 0.316 e. The van der Waals surface area contributed by atoms with E-state index in [1.54, 1.807) is 17.0 Å². The number of carbonyl (C=O) groups is 1. The Bertz CT molecular complexity index is 746. The zero-order chi connectivity index (χ0) is 16.6. The lowest BCUT2D eigenvalue weighted by Gasteiger charge is -2.24. The molecule has 2 saturated heterocycles. The first kappa shape index (κ1) is 16.4. The van der Waals surface area contributed by atoms with Crippen molar-refractivity contribution in [3.05, 3.63) is 30.1 Å². The van der Waals surface area contributed by atoms with Crippen molar-refractivity contribution in [2.24, 2.45) is 4.99 Å². The first-order valence-corrected chi connectivity index (χ1v) is 10.1. The fourth-order valence-electron chi connectivity index (χ4n) is 2.84. The Kier molecular flexibility index (Phi) is 4.46. The molecule has 0 bridgehead atoms. The summed E-state index contributed by atoms with van der Waals surface area (Å²) >= 11 is 1.33. The van der Waals surface area contributed by atoms with Gasteiger partial charge < -0.3 is 4.90 Å². The fraction of sp³-hybridized carbons (Fsp3) is 0.467. The number of hydrogen-bond donors (Lipinski definition) is 0. The second-order valence-electron chi connectivity index (χ2n) is 5.69. The minimum Gasteiger partial charge on any atom is -0.316 e. The lowest BCUT2D eigenvalue weighted by atomic mass is 10.2. The third kappa shape index (κ3) is 3.42. The molecule has 0 saturated carbocycles. The summed E-state index contributed by atoms with van der Waals surface area (Å²) in [5.74, 6) is -0.467. The van der Waals surface area contributed by atoms with Crippen molar-refractivity contribution >= 4 is 38.4 Å². The normalized spacial score (nSPS) is 27.4. The quantitative estimate of drug-likeness (QED) is 0.831. The van der Waals surface area contributed by atoms with Crippen LogP contribution < -0.4 is 4.90 Å². The highest BCUT2D eigenvalue weighted by Gasteiger charge is 2.49. The highest BCUT2D eigenvalue weighted by Crippen LogP contribution is 2.40. The van der Waals surface area contributed by atoms with Crippen LogP contribution in [0.5, 0.6) is 0 Å². The Balaban J connectivity index is 1.97. The van der Waals surface area contributed by atoms with Gasteiger partial charge in [-0.2, -0.15) is 4.99 Å². The van der Waals surface area contributed by atoms with Crippen molar-refractivity contribution in [3.8, 4) is 0 Å². The van der Waals surface area contributed by atoms with Gasteiger partial charge >= 0.3 is 0 Å². The number of amides is 1. The molecule has 0 aromatic heterocycles. The summed E-state index contributed by atoms with van der Waals surface area (Å²) in [4.78, 5) is 17.8. The fourth-order valence-corrected chi connectivity index (χ4v) is 6.78. The van der Waals surface area contributed by atoms with Gasteiger partial charge in [-0.1, -0.05) is 18.7 Å². The topological polar surface area (TPSA) is 66.8 Å². The summed E-state index contributed by atoms with van der Waals surface area (Å²) in [6.07, 6.45) is 1.06. The van der Waals surface area contributed by atoms with E-state index in [1.807, 2.05) is 6.92 Å². The average molecular weight is 356 g/mol. The maximum Gasteiger partial charge on any atom is 0.248 e. The molecule has 3 rings (SSSR count). The summed E-state index contributed by atoms with van der Waals surface area (Å²) in [7, 11) is -3.09. The highest BCUT2D eigenvalue weighted by atomic mass is 32.2. The summed E-state index contributed by atoms with van der Waals surface area (Å²) in [6.45, 7) is 1.90. The summed E-state index contributed by atoms with van der Waals surface area (Å²) in [6, 6.07) is 5.56. The van der Waals surface area contributed by atoms with Crippen LogP contribution in [0.1, 0.15) is 19.8 Å². The molecule has 2 heterocycles. The number of amidine groups is 1. The van der Waals surface area contributed by atoms with Gasteiger partial charge in [-0.3, -0.25) is 4.79 Å². The number of sulfone groups is 1. The van der Waals surface area contributed by atoms with Crippen LogP contribution in [-0.4, -0.2) is 42.3 Å². The first-order valence-electron chi connectivity index (χ1n) is 7.43. The van der Waals surface area contributed by atoms with Gasteiger partial charge in [0.15, 0.2) is 15.0 Å². The predicted octanol–water partition coefficient (Wildman–Crippen LogP) is 2.23. The number of rotatable bonds is 3. The van der Waals surface area contributed by atoms with Crippen molar-refractivity contribution in [3.63, 3.8) is 0 Å². The maximum atomic E-state index is 13.2. The zero-order valence-electron chi connectivity index (χ0n) is 12.6. The Morgan fingerprint density at radius 2 is 2.04 bits per heavy atom. The van der Waals surface area contributed by atoms with E-state index in [0.29, 0.717) is 23.7 Å². The van der Waals surface area contributed by atoms with Gasteiger partial charge in [0.2, 0.25) is 5.91 Å². The maximum absolute atomic E-state index is 13.2. The van der Waals surface area contributed by atoms with Gasteiger partial charge in [0.25, 0.3) is 0 Å². The molecule has 2 fully saturated rings. The van der Waals surface area contributed by atoms with Gasteiger partial charge in [0.1, 0.15) is 5.82 Å². The van der Waals surface area contributed by atoms with Gasteiger partial charge in [-0.25, -0.2) is 12.8 Å². The molecule has 0 spiro atoms. The number of halogens is 1. The van der Waals surface area contributed by atoms with E-state index in [9.17, 15) is 17.6 Å². The van der Waals surface area contributed by atoms with E-state index in [1.165, 1.54) is 23.9 Å². The summed E-state index contributed by atoms with van der Waals surface area (Å²) < 4.78 is 37.0. The van der Waals surface area contributed by atoms with E-state index < -0.39 is 9.84 Å². The van der Waals surface area contributed by atoms with E-state index >= 15 is 0 Å². The summed E-state index contributed by atoms with van der Waals surface area (Å²) in [5.41, 5.74) is 0.659. The molecule has 2 atom stereocenters. The Hall–Kier alpha value is -1.41. The summed E-state index contributed by atoms with van der Waals surface area (Å²) in [5, 5.41) is 0.373. The predicted molar refractivity (Wildman–Crippen MR) is 90.0 cm³/mol. The molecule has 0 radical (unpaired) electrons. The van der Waals surface area contributed by atoms with E-state index in [4.69, 9.17) is 0 Å². The van der Waals surface area contributed by atoms with Crippen LogP contribution in [0, 0.1) is 5.82 Å². The Morgan fingerprint density at radius 3 is 2.70 bits per heavy atom. The monoisotopic (exact) mass is 356 g/mol. The molecule has 0 N–H and O–H groups in total. The first-order chi connectivity index (χ1) is 10.9. The number of fused-ring (bicyclic) bond motifs is 1. The molecular weight excluding hydrogens is 339 g/mol. The molecule has 2 aliphatic rings. The molecule has 0 aliphatic carbocycles. The molecule has 5 nitrogen and oxygen atoms in total. The standard InChI is InChI=1S/C15H17FN2O3S2/c1-2-3-14(19)17-15-18(11-6-4-10(16)5-7-11)12-8-23(20,21)9-13(12)22-15/h4-7,12-13H,2-3,8-9H2,1H3/t12-,13-/m1/s1. The van der Waals surface area contributed by atoms with Crippen LogP contribution in [0.4, 0.5) is 10.1 Å². The minimum atomic E-state index is -3.09. The number of hydrogen-bond acceptors (Lipinski definition) is 4. The number of carbonyl (C=O) groups excluding carboxylic acids is 1. The molecule has 1 aromatic carbocycles. The minimum absolute atomic E-state index is 0.0308. The highest BCUT2D eigenvalue weighted by molar-refractivity contribution is 8.16. The lowest BCUT2D eigenvalue weighted by Crippen LogP contribution is -2.37. The van der Waals surface area contributed by atoms with Crippen LogP contribution in [0.2, 0.25) is 0 Å². The third-order valence-corrected chi connectivity index (χ3v) is 7.07. The van der Waals surface area contributed by atoms with E-state index in [-0.39, 0.29) is 34.5 Å². The molecule has 1 amide bonds. The van der Waals surface area contributed by atoms with Crippen LogP contribution in [0.3, 0.4) is 0 Å². The number of nitrogens with zero attached hydrogens (tertiary/aromatic N) is 2. The van der Waals surface area contributed by atoms with Crippen molar-refractivity contribution in [1.29, 1.82) is 0 Å². The van der Waals surface area contributed by atoms with Gasteiger partial charge in [0.05, 0.1) is 17.5 Å². The Morgan fingerprint density at radius 1 is 1.35 bits per heavy atom. The van der Waals surface area contributed by atoms with Crippen LogP contribution >= 0.6 is 11.8 Å². The molecule has 23 heavy (non-hydrogen) atoms. The number of anilines is 1. The van der Waals surface area contributed by atoms with Gasteiger partial charge in [0, 0.05) is 17.4 Å². The average Bonchev–Trinajstić information content (AvgIpc) is 2.91. The molecule has 8 heteroatoms. The smallest absolute Gasteiger partial charge is 0.248 e. The number of benzene rings is 1. The van der Waals surface area contributed by atoms with Crippen molar-refractivity contribution in [2.75, 3.05) is 16.4 Å². The van der Waals surface area contributed by atoms with Gasteiger partial charge in [-0.05, 0) is 30.7 Å². The molecule has 1 aromatic rings. The van der Waals surface area contributed by atoms with Crippen LogP contribution in [-0.2, 0) is 14.6 Å². The zero-order valence-corrected chi connectivity index (χ0v) is 14.2. The molecule has 124 valence electrons. The van der Waals surface area contributed by atoms with Crippen molar-refractivity contribution in [2.45, 2.75) is 31.1 Å². The van der Waals surface area contributed by atoms with Crippen LogP contribution in [0.25, 0.3) is 0 Å².